The number of carboxylic acid groups (broad SMARTS) is 1. The molecule has 0 spiro atoms. The molecule has 1 heterocycles. The van der Waals surface area contributed by atoms with Gasteiger partial charge in [0.25, 0.3) is 0 Å². The summed E-state index contributed by atoms with van der Waals surface area (Å²) in [5.74, 6) is 0.641. The Morgan fingerprint density at radius 3 is 2.50 bits per heavy atom. The molecule has 158 valence electrons. The predicted molar refractivity (Wildman–Crippen MR) is 123 cm³/mol. The fraction of sp³-hybridized carbons (Fsp3) is 0.292. The summed E-state index contributed by atoms with van der Waals surface area (Å²) < 4.78 is 11.5. The molecular weight excluding hydrogens is 398 g/mol. The van der Waals surface area contributed by atoms with Crippen molar-refractivity contribution in [1.29, 1.82) is 0 Å². The van der Waals surface area contributed by atoms with Crippen LogP contribution in [0, 0.1) is 13.8 Å². The number of rotatable bonds is 7. The van der Waals surface area contributed by atoms with E-state index in [9.17, 15) is 9.90 Å². The van der Waals surface area contributed by atoms with Crippen LogP contribution in [0.3, 0.4) is 0 Å². The van der Waals surface area contributed by atoms with Gasteiger partial charge in [-0.25, -0.2) is 4.79 Å². The van der Waals surface area contributed by atoms with Crippen molar-refractivity contribution < 1.29 is 19.4 Å². The molecule has 2 aromatic rings. The number of carboxylic acids is 1. The Labute approximate surface area is 181 Å². The lowest BCUT2D eigenvalue weighted by Gasteiger charge is -2.26. The SMILES string of the molecule is COc1c(C)c(C2C=CC(Nc3cccs3)=CC2)c(OC)c(C)c1/C=C(\C)C(=O)O. The van der Waals surface area contributed by atoms with Crippen LogP contribution in [0.2, 0.25) is 0 Å². The number of carbonyl (C=O) groups is 1. The summed E-state index contributed by atoms with van der Waals surface area (Å²) in [4.78, 5) is 11.4. The number of anilines is 1. The lowest BCUT2D eigenvalue weighted by atomic mass is 9.84. The van der Waals surface area contributed by atoms with E-state index < -0.39 is 5.97 Å². The number of ether oxygens (including phenoxy) is 2. The van der Waals surface area contributed by atoms with Gasteiger partial charge in [-0.15, -0.1) is 11.3 Å². The van der Waals surface area contributed by atoms with Crippen molar-refractivity contribution in [2.45, 2.75) is 33.1 Å². The van der Waals surface area contributed by atoms with Crippen LogP contribution in [0.25, 0.3) is 6.08 Å². The van der Waals surface area contributed by atoms with E-state index in [2.05, 4.69) is 29.6 Å². The average Bonchev–Trinajstić information content (AvgIpc) is 3.24. The average molecular weight is 426 g/mol. The van der Waals surface area contributed by atoms with Gasteiger partial charge >= 0.3 is 5.97 Å². The number of hydrogen-bond acceptors (Lipinski definition) is 5. The van der Waals surface area contributed by atoms with Gasteiger partial charge in [0, 0.05) is 33.9 Å². The highest BCUT2D eigenvalue weighted by molar-refractivity contribution is 7.14. The van der Waals surface area contributed by atoms with E-state index in [0.717, 1.165) is 45.1 Å². The third-order valence-corrected chi connectivity index (χ3v) is 6.13. The second kappa shape index (κ2) is 9.22. The van der Waals surface area contributed by atoms with Crippen molar-refractivity contribution in [2.24, 2.45) is 0 Å². The summed E-state index contributed by atoms with van der Waals surface area (Å²) in [5.41, 5.74) is 4.96. The maximum absolute atomic E-state index is 11.4. The van der Waals surface area contributed by atoms with E-state index in [1.54, 1.807) is 38.6 Å². The molecule has 0 aliphatic heterocycles. The van der Waals surface area contributed by atoms with Gasteiger partial charge in [0.1, 0.15) is 11.5 Å². The minimum Gasteiger partial charge on any atom is -0.496 e. The van der Waals surface area contributed by atoms with Crippen LogP contribution in [0.4, 0.5) is 5.00 Å². The van der Waals surface area contributed by atoms with Crippen molar-refractivity contribution >= 4 is 28.4 Å². The van der Waals surface area contributed by atoms with E-state index in [1.165, 1.54) is 0 Å². The third-order valence-electron chi connectivity index (χ3n) is 5.34. The highest BCUT2D eigenvalue weighted by Crippen LogP contribution is 2.45. The third kappa shape index (κ3) is 4.28. The van der Waals surface area contributed by atoms with Crippen molar-refractivity contribution in [3.05, 3.63) is 69.3 Å². The molecule has 1 atom stereocenters. The van der Waals surface area contributed by atoms with Crippen LogP contribution in [0.1, 0.15) is 41.5 Å². The minimum atomic E-state index is -0.955. The lowest BCUT2D eigenvalue weighted by Crippen LogP contribution is -2.10. The molecule has 2 N–H and O–H groups in total. The number of methoxy groups -OCH3 is 2. The monoisotopic (exact) mass is 425 g/mol. The molecule has 0 radical (unpaired) electrons. The normalized spacial score (nSPS) is 16.2. The second-order valence-corrected chi connectivity index (χ2v) is 8.19. The lowest BCUT2D eigenvalue weighted by molar-refractivity contribution is -0.132. The van der Waals surface area contributed by atoms with E-state index >= 15 is 0 Å². The van der Waals surface area contributed by atoms with E-state index in [1.807, 2.05) is 25.3 Å². The summed E-state index contributed by atoms with van der Waals surface area (Å²) in [6.45, 7) is 5.52. The van der Waals surface area contributed by atoms with Gasteiger partial charge in [-0.2, -0.15) is 0 Å². The summed E-state index contributed by atoms with van der Waals surface area (Å²) in [5, 5.41) is 15.9. The first-order chi connectivity index (χ1) is 14.4. The Kier molecular flexibility index (Phi) is 6.67. The second-order valence-electron chi connectivity index (χ2n) is 7.24. The maximum Gasteiger partial charge on any atom is 0.331 e. The fourth-order valence-electron chi connectivity index (χ4n) is 3.83. The molecule has 1 aliphatic rings. The Hall–Kier alpha value is -2.99. The summed E-state index contributed by atoms with van der Waals surface area (Å²) in [6, 6.07) is 4.08. The maximum atomic E-state index is 11.4. The molecule has 3 rings (SSSR count). The number of allylic oxidation sites excluding steroid dienone is 3. The van der Waals surface area contributed by atoms with Gasteiger partial charge in [-0.05, 0) is 62.4 Å². The standard InChI is InChI=1S/C24H27NO4S/c1-14(24(26)27)13-19-15(2)23(29-5)21(16(3)22(19)28-4)17-8-10-18(11-9-17)25-20-7-6-12-30-20/h6-8,10-13,17,25H,9H2,1-5H3,(H,26,27)/b14-13+. The van der Waals surface area contributed by atoms with E-state index in [0.29, 0.717) is 5.75 Å². The smallest absolute Gasteiger partial charge is 0.331 e. The predicted octanol–water partition coefficient (Wildman–Crippen LogP) is 5.91. The quantitative estimate of drug-likeness (QED) is 0.540. The van der Waals surface area contributed by atoms with Crippen molar-refractivity contribution in [3.8, 4) is 11.5 Å². The van der Waals surface area contributed by atoms with Crippen molar-refractivity contribution in [2.75, 3.05) is 19.5 Å². The van der Waals surface area contributed by atoms with Gasteiger partial charge < -0.3 is 19.9 Å². The van der Waals surface area contributed by atoms with Gasteiger partial charge in [0.2, 0.25) is 0 Å². The molecule has 1 aromatic heterocycles. The molecule has 0 saturated carbocycles. The zero-order valence-corrected chi connectivity index (χ0v) is 18.7. The first-order valence-corrected chi connectivity index (χ1v) is 10.6. The first-order valence-electron chi connectivity index (χ1n) is 9.72. The largest absolute Gasteiger partial charge is 0.496 e. The molecule has 30 heavy (non-hydrogen) atoms. The Morgan fingerprint density at radius 2 is 1.97 bits per heavy atom. The number of hydrogen-bond donors (Lipinski definition) is 2. The molecule has 0 amide bonds. The van der Waals surface area contributed by atoms with Gasteiger partial charge in [-0.3, -0.25) is 0 Å². The van der Waals surface area contributed by atoms with Crippen molar-refractivity contribution in [1.82, 2.24) is 0 Å². The minimum absolute atomic E-state index is 0.139. The van der Waals surface area contributed by atoms with E-state index in [4.69, 9.17) is 9.47 Å². The first kappa shape index (κ1) is 21.7. The van der Waals surface area contributed by atoms with E-state index in [-0.39, 0.29) is 11.5 Å². The van der Waals surface area contributed by atoms with Crippen molar-refractivity contribution in [3.63, 3.8) is 0 Å². The molecule has 1 aromatic carbocycles. The fourth-order valence-corrected chi connectivity index (χ4v) is 4.47. The van der Waals surface area contributed by atoms with Crippen LogP contribution in [0.15, 0.2) is 47.0 Å². The molecule has 6 heteroatoms. The molecule has 0 saturated heterocycles. The topological polar surface area (TPSA) is 67.8 Å². The molecule has 1 unspecified atom stereocenters. The summed E-state index contributed by atoms with van der Waals surface area (Å²) >= 11 is 1.67. The molecule has 0 bridgehead atoms. The number of thiophene rings is 1. The number of nitrogens with one attached hydrogen (secondary N) is 1. The summed E-state index contributed by atoms with van der Waals surface area (Å²) in [7, 11) is 3.27. The molecule has 1 aliphatic carbocycles. The highest BCUT2D eigenvalue weighted by atomic mass is 32.1. The number of aliphatic carboxylic acids is 1. The molecule has 5 nitrogen and oxygen atoms in total. The van der Waals surface area contributed by atoms with Crippen LogP contribution < -0.4 is 14.8 Å². The van der Waals surface area contributed by atoms with Gasteiger partial charge in [0.15, 0.2) is 0 Å². The van der Waals surface area contributed by atoms with Crippen LogP contribution in [-0.2, 0) is 4.79 Å². The Morgan fingerprint density at radius 1 is 1.23 bits per heavy atom. The molecular formula is C24H27NO4S. The number of benzene rings is 1. The zero-order chi connectivity index (χ0) is 21.8. The zero-order valence-electron chi connectivity index (χ0n) is 17.9. The Balaban J connectivity index is 2.01. The van der Waals surface area contributed by atoms with Gasteiger partial charge in [-0.1, -0.05) is 12.2 Å². The van der Waals surface area contributed by atoms with Gasteiger partial charge in [0.05, 0.1) is 19.2 Å². The van der Waals surface area contributed by atoms with Crippen LogP contribution in [0.5, 0.6) is 11.5 Å². The Bertz CT molecular complexity index is 1030. The van der Waals surface area contributed by atoms with Crippen LogP contribution >= 0.6 is 11.3 Å². The molecule has 0 fully saturated rings. The van der Waals surface area contributed by atoms with Crippen LogP contribution in [-0.4, -0.2) is 25.3 Å². The summed E-state index contributed by atoms with van der Waals surface area (Å²) in [6.07, 6.45) is 8.94. The highest BCUT2D eigenvalue weighted by Gasteiger charge is 2.25.